The van der Waals surface area contributed by atoms with Gasteiger partial charge in [0.2, 0.25) is 5.91 Å². The zero-order valence-electron chi connectivity index (χ0n) is 20.3. The molecule has 0 aliphatic carbocycles. The summed E-state index contributed by atoms with van der Waals surface area (Å²) in [7, 11) is -4.10. The lowest BCUT2D eigenvalue weighted by atomic mass is 10.1. The van der Waals surface area contributed by atoms with Crippen LogP contribution in [0.3, 0.4) is 0 Å². The monoisotopic (exact) mass is 541 g/mol. The fourth-order valence-corrected chi connectivity index (χ4v) is 5.77. The second-order valence-electron chi connectivity index (χ2n) is 8.65. The molecule has 1 aliphatic rings. The van der Waals surface area contributed by atoms with Gasteiger partial charge in [-0.3, -0.25) is 13.9 Å². The number of benzene rings is 3. The number of hydrogen-bond donors (Lipinski definition) is 2. The maximum atomic E-state index is 13.6. The van der Waals surface area contributed by atoms with E-state index in [1.807, 2.05) is 0 Å². The molecule has 4 rings (SSSR count). The number of nitrogens with one attached hydrogen (secondary N) is 2. The Balaban J connectivity index is 1.58. The zero-order chi connectivity index (χ0) is 26.4. The van der Waals surface area contributed by atoms with E-state index in [0.29, 0.717) is 23.7 Å². The van der Waals surface area contributed by atoms with Crippen molar-refractivity contribution in [2.45, 2.75) is 30.8 Å². The topological polar surface area (TPSA) is 105 Å². The molecule has 0 aromatic heterocycles. The van der Waals surface area contributed by atoms with Crippen LogP contribution >= 0.6 is 11.6 Å². The molecule has 1 atom stereocenters. The van der Waals surface area contributed by atoms with Crippen LogP contribution in [-0.4, -0.2) is 46.0 Å². The molecule has 0 spiro atoms. The largest absolute Gasteiger partial charge is 0.376 e. The smallest absolute Gasteiger partial charge is 0.264 e. The Morgan fingerprint density at radius 1 is 1.03 bits per heavy atom. The van der Waals surface area contributed by atoms with Gasteiger partial charge in [-0.05, 0) is 61.7 Å². The quantitative estimate of drug-likeness (QED) is 0.418. The molecule has 1 heterocycles. The molecule has 3 aromatic carbocycles. The number of carbonyl (C=O) groups excluding carboxylic acids is 2. The number of ether oxygens (including phenoxy) is 1. The highest BCUT2D eigenvalue weighted by Crippen LogP contribution is 2.31. The highest BCUT2D eigenvalue weighted by atomic mass is 35.5. The van der Waals surface area contributed by atoms with Crippen molar-refractivity contribution in [3.8, 4) is 0 Å². The molecule has 0 unspecified atom stereocenters. The number of carbonyl (C=O) groups is 2. The Kier molecular flexibility index (Phi) is 8.48. The number of para-hydroxylation sites is 1. The molecule has 1 aliphatic heterocycles. The van der Waals surface area contributed by atoms with Crippen molar-refractivity contribution in [3.63, 3.8) is 0 Å². The number of halogens is 1. The van der Waals surface area contributed by atoms with Crippen molar-refractivity contribution >= 4 is 44.8 Å². The predicted molar refractivity (Wildman–Crippen MR) is 144 cm³/mol. The molecule has 1 fully saturated rings. The van der Waals surface area contributed by atoms with Gasteiger partial charge in [-0.15, -0.1) is 0 Å². The van der Waals surface area contributed by atoms with Crippen LogP contribution in [0.25, 0.3) is 0 Å². The van der Waals surface area contributed by atoms with E-state index >= 15 is 0 Å². The summed E-state index contributed by atoms with van der Waals surface area (Å²) < 4.78 is 33.8. The molecule has 1 saturated heterocycles. The van der Waals surface area contributed by atoms with Crippen molar-refractivity contribution in [1.29, 1.82) is 0 Å². The SMILES string of the molecule is Cc1c(Cl)cccc1N(CC(=O)Nc1ccccc1C(=O)NC[C@@H]1CCCO1)S(=O)(=O)c1ccccc1. The lowest BCUT2D eigenvalue weighted by Crippen LogP contribution is -2.39. The van der Waals surface area contributed by atoms with Gasteiger partial charge in [0.1, 0.15) is 6.54 Å². The first kappa shape index (κ1) is 26.7. The average Bonchev–Trinajstić information content (AvgIpc) is 3.42. The molecule has 0 saturated carbocycles. The summed E-state index contributed by atoms with van der Waals surface area (Å²) in [6.45, 7) is 2.22. The number of amides is 2. The second kappa shape index (κ2) is 11.8. The Bertz CT molecular complexity index is 1380. The van der Waals surface area contributed by atoms with Gasteiger partial charge < -0.3 is 15.4 Å². The minimum absolute atomic E-state index is 0.0246. The molecule has 37 heavy (non-hydrogen) atoms. The van der Waals surface area contributed by atoms with Crippen LogP contribution in [0.2, 0.25) is 5.02 Å². The van der Waals surface area contributed by atoms with E-state index in [9.17, 15) is 18.0 Å². The molecular formula is C27H28ClN3O5S. The van der Waals surface area contributed by atoms with E-state index in [1.165, 1.54) is 12.1 Å². The summed E-state index contributed by atoms with van der Waals surface area (Å²) >= 11 is 6.28. The van der Waals surface area contributed by atoms with E-state index in [1.54, 1.807) is 67.6 Å². The Labute approximate surface area is 221 Å². The van der Waals surface area contributed by atoms with Crippen LogP contribution in [0.5, 0.6) is 0 Å². The van der Waals surface area contributed by atoms with Gasteiger partial charge in [0.25, 0.3) is 15.9 Å². The highest BCUT2D eigenvalue weighted by molar-refractivity contribution is 7.92. The molecular weight excluding hydrogens is 514 g/mol. The average molecular weight is 542 g/mol. The third kappa shape index (κ3) is 6.30. The Morgan fingerprint density at radius 2 is 1.76 bits per heavy atom. The van der Waals surface area contributed by atoms with Crippen LogP contribution in [0, 0.1) is 6.92 Å². The molecule has 2 N–H and O–H groups in total. The normalized spacial score (nSPS) is 15.2. The van der Waals surface area contributed by atoms with Crippen molar-refractivity contribution in [3.05, 3.63) is 88.9 Å². The zero-order valence-corrected chi connectivity index (χ0v) is 21.9. The standard InChI is InChI=1S/C27H28ClN3O5S/c1-19-23(28)13-7-15-25(19)31(37(34,35)21-10-3-2-4-11-21)18-26(32)30-24-14-6-5-12-22(24)27(33)29-17-20-9-8-16-36-20/h2-7,10-15,20H,8-9,16-18H2,1H3,(H,29,33)(H,30,32)/t20-/m0/s1. The number of hydrogen-bond acceptors (Lipinski definition) is 5. The molecule has 2 amide bonds. The van der Waals surface area contributed by atoms with E-state index in [2.05, 4.69) is 10.6 Å². The van der Waals surface area contributed by atoms with E-state index in [-0.39, 0.29) is 33.8 Å². The number of rotatable bonds is 9. The first-order valence-electron chi connectivity index (χ1n) is 11.9. The predicted octanol–water partition coefficient (Wildman–Crippen LogP) is 4.39. The van der Waals surface area contributed by atoms with Crippen LogP contribution in [0.4, 0.5) is 11.4 Å². The molecule has 0 bridgehead atoms. The maximum absolute atomic E-state index is 13.6. The summed E-state index contributed by atoms with van der Waals surface area (Å²) in [5, 5.41) is 5.93. The van der Waals surface area contributed by atoms with E-state index in [4.69, 9.17) is 16.3 Å². The molecule has 8 nitrogen and oxygen atoms in total. The molecule has 3 aromatic rings. The highest BCUT2D eigenvalue weighted by Gasteiger charge is 2.29. The number of sulfonamides is 1. The maximum Gasteiger partial charge on any atom is 0.264 e. The second-order valence-corrected chi connectivity index (χ2v) is 10.9. The third-order valence-corrected chi connectivity index (χ3v) is 8.27. The summed E-state index contributed by atoms with van der Waals surface area (Å²) in [5.41, 5.74) is 1.35. The third-order valence-electron chi connectivity index (χ3n) is 6.09. The van der Waals surface area contributed by atoms with Crippen molar-refractivity contribution in [2.75, 3.05) is 29.3 Å². The Morgan fingerprint density at radius 3 is 2.49 bits per heavy atom. The first-order valence-corrected chi connectivity index (χ1v) is 13.7. The number of nitrogens with zero attached hydrogens (tertiary/aromatic N) is 1. The fraction of sp³-hybridized carbons (Fsp3) is 0.259. The molecule has 194 valence electrons. The van der Waals surface area contributed by atoms with Crippen LogP contribution in [-0.2, 0) is 19.6 Å². The molecule has 10 heteroatoms. The van der Waals surface area contributed by atoms with Gasteiger partial charge in [-0.2, -0.15) is 0 Å². The van der Waals surface area contributed by atoms with Crippen molar-refractivity contribution in [2.24, 2.45) is 0 Å². The van der Waals surface area contributed by atoms with Gasteiger partial charge in [0.05, 0.1) is 27.9 Å². The summed E-state index contributed by atoms with van der Waals surface area (Å²) in [6, 6.07) is 19.3. The lowest BCUT2D eigenvalue weighted by molar-refractivity contribution is -0.114. The summed E-state index contributed by atoms with van der Waals surface area (Å²) in [5.74, 6) is -0.968. The van der Waals surface area contributed by atoms with E-state index < -0.39 is 22.5 Å². The van der Waals surface area contributed by atoms with E-state index in [0.717, 1.165) is 17.1 Å². The summed E-state index contributed by atoms with van der Waals surface area (Å²) in [6.07, 6.45) is 1.82. The van der Waals surface area contributed by atoms with Gasteiger partial charge in [-0.25, -0.2) is 8.42 Å². The first-order chi connectivity index (χ1) is 17.8. The molecule has 0 radical (unpaired) electrons. The van der Waals surface area contributed by atoms with Gasteiger partial charge in [0.15, 0.2) is 0 Å². The van der Waals surface area contributed by atoms with Crippen molar-refractivity contribution < 1.29 is 22.7 Å². The minimum Gasteiger partial charge on any atom is -0.376 e. The van der Waals surface area contributed by atoms with Gasteiger partial charge >= 0.3 is 0 Å². The minimum atomic E-state index is -4.10. The number of anilines is 2. The van der Waals surface area contributed by atoms with Gasteiger partial charge in [-0.1, -0.05) is 48.0 Å². The lowest BCUT2D eigenvalue weighted by Gasteiger charge is -2.26. The van der Waals surface area contributed by atoms with Crippen LogP contribution < -0.4 is 14.9 Å². The Hall–Kier alpha value is -3.40. The van der Waals surface area contributed by atoms with Crippen molar-refractivity contribution in [1.82, 2.24) is 5.32 Å². The fourth-order valence-electron chi connectivity index (χ4n) is 4.10. The van der Waals surface area contributed by atoms with Crippen LogP contribution in [0.15, 0.2) is 77.7 Å². The summed E-state index contributed by atoms with van der Waals surface area (Å²) in [4.78, 5) is 26.1. The van der Waals surface area contributed by atoms with Crippen LogP contribution in [0.1, 0.15) is 28.8 Å². The van der Waals surface area contributed by atoms with Gasteiger partial charge in [0, 0.05) is 18.2 Å².